The second-order valence-electron chi connectivity index (χ2n) is 4.39. The zero-order valence-electron chi connectivity index (χ0n) is 11.6. The summed E-state index contributed by atoms with van der Waals surface area (Å²) in [5, 5.41) is 8.62. The Morgan fingerprint density at radius 2 is 2.20 bits per heavy atom. The van der Waals surface area contributed by atoms with Crippen LogP contribution in [-0.2, 0) is 4.74 Å². The van der Waals surface area contributed by atoms with E-state index < -0.39 is 11.7 Å². The lowest BCUT2D eigenvalue weighted by atomic mass is 10.1. The summed E-state index contributed by atoms with van der Waals surface area (Å²) >= 11 is 0. The summed E-state index contributed by atoms with van der Waals surface area (Å²) in [4.78, 5) is 13.7. The fourth-order valence-corrected chi connectivity index (χ4v) is 1.82. The monoisotopic (exact) mass is 279 g/mol. The predicted octanol–water partition coefficient (Wildman–Crippen LogP) is 1.72. The van der Waals surface area contributed by atoms with E-state index >= 15 is 0 Å². The highest BCUT2D eigenvalue weighted by atomic mass is 19.1. The Labute approximate surface area is 117 Å². The van der Waals surface area contributed by atoms with Gasteiger partial charge in [-0.3, -0.25) is 4.79 Å². The van der Waals surface area contributed by atoms with Crippen LogP contribution in [0.15, 0.2) is 12.1 Å². The average molecular weight is 279 g/mol. The Morgan fingerprint density at radius 1 is 1.50 bits per heavy atom. The van der Waals surface area contributed by atoms with Gasteiger partial charge >= 0.3 is 0 Å². The lowest BCUT2D eigenvalue weighted by molar-refractivity contribution is 0.0695. The lowest BCUT2D eigenvalue weighted by Crippen LogP contribution is -2.35. The molecule has 1 aromatic rings. The van der Waals surface area contributed by atoms with Crippen molar-refractivity contribution < 1.29 is 13.9 Å². The minimum absolute atomic E-state index is 0.0726. The summed E-state index contributed by atoms with van der Waals surface area (Å²) in [5.41, 5.74) is 6.23. The van der Waals surface area contributed by atoms with Gasteiger partial charge in [0.15, 0.2) is 0 Å². The quantitative estimate of drug-likeness (QED) is 0.804. The number of nitrogen functional groups attached to an aromatic ring is 1. The Balaban J connectivity index is 3.02. The van der Waals surface area contributed by atoms with Crippen molar-refractivity contribution in [2.45, 2.75) is 13.3 Å². The minimum Gasteiger partial charge on any atom is -0.399 e. The van der Waals surface area contributed by atoms with Crippen molar-refractivity contribution in [1.29, 1.82) is 5.26 Å². The van der Waals surface area contributed by atoms with Crippen molar-refractivity contribution in [2.24, 2.45) is 0 Å². The number of hydrogen-bond donors (Lipinski definition) is 1. The molecule has 0 saturated heterocycles. The molecule has 0 heterocycles. The lowest BCUT2D eigenvalue weighted by Gasteiger charge is -2.22. The molecule has 1 amide bonds. The molecule has 0 atom stereocenters. The molecule has 2 N–H and O–H groups in total. The van der Waals surface area contributed by atoms with Gasteiger partial charge in [-0.25, -0.2) is 4.39 Å². The van der Waals surface area contributed by atoms with Gasteiger partial charge in [-0.15, -0.1) is 0 Å². The Bertz CT molecular complexity index is 526. The summed E-state index contributed by atoms with van der Waals surface area (Å²) in [5.74, 6) is -1.06. The van der Waals surface area contributed by atoms with E-state index in [0.29, 0.717) is 24.4 Å². The number of ether oxygens (including phenoxy) is 1. The van der Waals surface area contributed by atoms with Crippen molar-refractivity contribution in [3.05, 3.63) is 29.1 Å². The third kappa shape index (κ3) is 3.93. The topological polar surface area (TPSA) is 79.3 Å². The smallest absolute Gasteiger partial charge is 0.257 e. The molecule has 1 rings (SSSR count). The average Bonchev–Trinajstić information content (AvgIpc) is 2.42. The molecule has 108 valence electrons. The molecule has 0 fully saturated rings. The molecule has 6 heteroatoms. The van der Waals surface area contributed by atoms with Crippen molar-refractivity contribution in [1.82, 2.24) is 4.90 Å². The molecule has 0 bridgehead atoms. The van der Waals surface area contributed by atoms with Gasteiger partial charge in [0.2, 0.25) is 0 Å². The Hall–Kier alpha value is -2.13. The highest BCUT2D eigenvalue weighted by Crippen LogP contribution is 2.19. The highest BCUT2D eigenvalue weighted by molar-refractivity contribution is 5.95. The molecular formula is C14H18FN3O2. The van der Waals surface area contributed by atoms with Crippen LogP contribution in [0, 0.1) is 24.1 Å². The first kappa shape index (κ1) is 15.9. The standard InChI is InChI=1S/C14H18FN3O2/c1-10-8-11(17)9-12(13(10)15)14(19)18(5-3-4-16)6-7-20-2/h8-9H,3,5-7,17H2,1-2H3. The van der Waals surface area contributed by atoms with Gasteiger partial charge < -0.3 is 15.4 Å². The number of nitriles is 1. The van der Waals surface area contributed by atoms with E-state index in [2.05, 4.69) is 0 Å². The SMILES string of the molecule is COCCN(CCC#N)C(=O)c1cc(N)cc(C)c1F. The summed E-state index contributed by atoms with van der Waals surface area (Å²) in [6.07, 6.45) is 0.179. The van der Waals surface area contributed by atoms with E-state index in [4.69, 9.17) is 15.7 Å². The molecule has 0 aromatic heterocycles. The number of benzene rings is 1. The van der Waals surface area contributed by atoms with E-state index in [1.165, 1.54) is 24.1 Å². The maximum Gasteiger partial charge on any atom is 0.257 e. The van der Waals surface area contributed by atoms with Crippen molar-refractivity contribution >= 4 is 11.6 Å². The van der Waals surface area contributed by atoms with Crippen molar-refractivity contribution in [2.75, 3.05) is 32.5 Å². The van der Waals surface area contributed by atoms with E-state index in [1.54, 1.807) is 6.92 Å². The molecule has 0 spiro atoms. The van der Waals surface area contributed by atoms with Crippen LogP contribution in [0.2, 0.25) is 0 Å². The Kier molecular flexibility index (Phi) is 5.94. The Morgan fingerprint density at radius 3 is 2.80 bits per heavy atom. The zero-order chi connectivity index (χ0) is 15.1. The van der Waals surface area contributed by atoms with Crippen molar-refractivity contribution in [3.8, 4) is 6.07 Å². The number of methoxy groups -OCH3 is 1. The fraction of sp³-hybridized carbons (Fsp3) is 0.429. The zero-order valence-corrected chi connectivity index (χ0v) is 11.6. The molecule has 20 heavy (non-hydrogen) atoms. The van der Waals surface area contributed by atoms with Crippen LogP contribution in [0.25, 0.3) is 0 Å². The molecular weight excluding hydrogens is 261 g/mol. The van der Waals surface area contributed by atoms with E-state index in [-0.39, 0.29) is 18.5 Å². The number of carbonyl (C=O) groups is 1. The van der Waals surface area contributed by atoms with Crippen LogP contribution in [0.4, 0.5) is 10.1 Å². The molecule has 0 radical (unpaired) electrons. The summed E-state index contributed by atoms with van der Waals surface area (Å²) < 4.78 is 19.0. The summed E-state index contributed by atoms with van der Waals surface area (Å²) in [6.45, 7) is 2.40. The van der Waals surface area contributed by atoms with Gasteiger partial charge in [-0.1, -0.05) is 0 Å². The second kappa shape index (κ2) is 7.46. The predicted molar refractivity (Wildman–Crippen MR) is 73.6 cm³/mol. The minimum atomic E-state index is -0.580. The number of aryl methyl sites for hydroxylation is 1. The highest BCUT2D eigenvalue weighted by Gasteiger charge is 2.20. The first-order chi connectivity index (χ1) is 9.51. The van der Waals surface area contributed by atoms with Crippen LogP contribution in [0.3, 0.4) is 0 Å². The van der Waals surface area contributed by atoms with Gasteiger partial charge in [-0.2, -0.15) is 5.26 Å². The number of anilines is 1. The maximum atomic E-state index is 14.0. The van der Waals surface area contributed by atoms with Gasteiger partial charge in [0.1, 0.15) is 5.82 Å². The first-order valence-corrected chi connectivity index (χ1v) is 6.22. The van der Waals surface area contributed by atoms with Gasteiger partial charge in [-0.05, 0) is 24.6 Å². The number of amides is 1. The third-order valence-electron chi connectivity index (χ3n) is 2.85. The fourth-order valence-electron chi connectivity index (χ4n) is 1.82. The normalized spacial score (nSPS) is 10.1. The number of halogens is 1. The molecule has 1 aromatic carbocycles. The van der Waals surface area contributed by atoms with Crippen LogP contribution in [0.1, 0.15) is 22.3 Å². The number of hydrogen-bond acceptors (Lipinski definition) is 4. The van der Waals surface area contributed by atoms with Gasteiger partial charge in [0.25, 0.3) is 5.91 Å². The first-order valence-electron chi connectivity index (χ1n) is 6.22. The van der Waals surface area contributed by atoms with Crippen LogP contribution in [-0.4, -0.2) is 37.6 Å². The molecule has 0 saturated carbocycles. The van der Waals surface area contributed by atoms with Crippen LogP contribution >= 0.6 is 0 Å². The van der Waals surface area contributed by atoms with E-state index in [0.717, 1.165) is 0 Å². The number of carbonyl (C=O) groups excluding carboxylic acids is 1. The van der Waals surface area contributed by atoms with Crippen LogP contribution in [0.5, 0.6) is 0 Å². The second-order valence-corrected chi connectivity index (χ2v) is 4.39. The third-order valence-corrected chi connectivity index (χ3v) is 2.85. The summed E-state index contributed by atoms with van der Waals surface area (Å²) in [7, 11) is 1.51. The van der Waals surface area contributed by atoms with Crippen molar-refractivity contribution in [3.63, 3.8) is 0 Å². The number of rotatable bonds is 6. The van der Waals surface area contributed by atoms with E-state index in [9.17, 15) is 9.18 Å². The largest absolute Gasteiger partial charge is 0.399 e. The molecule has 0 aliphatic carbocycles. The van der Waals surface area contributed by atoms with Crippen LogP contribution < -0.4 is 5.73 Å². The number of nitrogens with two attached hydrogens (primary N) is 1. The van der Waals surface area contributed by atoms with Gasteiger partial charge in [0, 0.05) is 25.9 Å². The summed E-state index contributed by atoms with van der Waals surface area (Å²) in [6, 6.07) is 4.75. The van der Waals surface area contributed by atoms with E-state index in [1.807, 2.05) is 6.07 Å². The molecule has 0 unspecified atom stereocenters. The maximum absolute atomic E-state index is 14.0. The molecule has 5 nitrogen and oxygen atoms in total. The number of nitrogens with zero attached hydrogens (tertiary/aromatic N) is 2. The van der Waals surface area contributed by atoms with Gasteiger partial charge in [0.05, 0.1) is 24.7 Å². The molecule has 0 aliphatic heterocycles. The molecule has 0 aliphatic rings.